The Kier molecular flexibility index (Phi) is 4.34. The van der Waals surface area contributed by atoms with Crippen LogP contribution in [0.3, 0.4) is 0 Å². The molecule has 122 valence electrons. The number of phenols is 1. The number of nitro groups is 1. The van der Waals surface area contributed by atoms with E-state index in [9.17, 15) is 20.5 Å². The highest BCUT2D eigenvalue weighted by Gasteiger charge is 2.26. The molecule has 1 saturated carbocycles. The van der Waals surface area contributed by atoms with E-state index in [1.165, 1.54) is 12.1 Å². The summed E-state index contributed by atoms with van der Waals surface area (Å²) in [6, 6.07) is 13.5. The Morgan fingerprint density at radius 2 is 2.08 bits per heavy atom. The molecular formula is C18H17N3O3. The van der Waals surface area contributed by atoms with Gasteiger partial charge in [0.05, 0.1) is 16.2 Å². The molecule has 6 nitrogen and oxygen atoms in total. The Hall–Kier alpha value is -3.07. The smallest absolute Gasteiger partial charge is 0.270 e. The second-order valence-electron chi connectivity index (χ2n) is 6.06. The van der Waals surface area contributed by atoms with Crippen molar-refractivity contribution in [2.24, 2.45) is 5.92 Å². The number of hydrogen-bond donors (Lipinski definition) is 1. The first-order valence-electron chi connectivity index (χ1n) is 7.78. The third-order valence-electron chi connectivity index (χ3n) is 4.11. The highest BCUT2D eigenvalue weighted by molar-refractivity contribution is 5.63. The van der Waals surface area contributed by atoms with E-state index in [-0.39, 0.29) is 11.4 Å². The number of hydrogen-bond acceptors (Lipinski definition) is 5. The van der Waals surface area contributed by atoms with Crippen molar-refractivity contribution in [3.63, 3.8) is 0 Å². The van der Waals surface area contributed by atoms with Crippen LogP contribution >= 0.6 is 0 Å². The van der Waals surface area contributed by atoms with Gasteiger partial charge < -0.3 is 10.0 Å². The van der Waals surface area contributed by atoms with E-state index in [0.717, 1.165) is 24.9 Å². The Morgan fingerprint density at radius 3 is 2.71 bits per heavy atom. The number of nitriles is 1. The van der Waals surface area contributed by atoms with Gasteiger partial charge in [-0.3, -0.25) is 10.1 Å². The summed E-state index contributed by atoms with van der Waals surface area (Å²) >= 11 is 0. The van der Waals surface area contributed by atoms with Gasteiger partial charge in [-0.2, -0.15) is 5.26 Å². The van der Waals surface area contributed by atoms with Crippen LogP contribution in [0.4, 0.5) is 11.4 Å². The summed E-state index contributed by atoms with van der Waals surface area (Å²) in [7, 11) is 0. The molecule has 3 rings (SSSR count). The fourth-order valence-electron chi connectivity index (χ4n) is 2.74. The van der Waals surface area contributed by atoms with Crippen LogP contribution in [-0.4, -0.2) is 16.6 Å². The lowest BCUT2D eigenvalue weighted by Crippen LogP contribution is -2.26. The second kappa shape index (κ2) is 6.59. The standard InChI is InChI=1S/C18H17N3O3/c19-10-15-9-16(21(23)24)6-7-18(15)20(11-13-4-5-13)12-14-2-1-3-17(22)8-14/h1-3,6-9,13,22H,4-5,11-12H2. The molecule has 0 unspecified atom stereocenters. The zero-order valence-electron chi connectivity index (χ0n) is 13.1. The molecule has 1 fully saturated rings. The molecule has 0 radical (unpaired) electrons. The number of benzene rings is 2. The number of nitrogens with zero attached hydrogens (tertiary/aromatic N) is 3. The highest BCUT2D eigenvalue weighted by Crippen LogP contribution is 2.34. The van der Waals surface area contributed by atoms with Gasteiger partial charge in [0.15, 0.2) is 0 Å². The topological polar surface area (TPSA) is 90.4 Å². The summed E-state index contributed by atoms with van der Waals surface area (Å²) in [5.41, 5.74) is 1.83. The van der Waals surface area contributed by atoms with E-state index >= 15 is 0 Å². The molecule has 6 heteroatoms. The first kappa shape index (κ1) is 15.8. The van der Waals surface area contributed by atoms with Crippen molar-refractivity contribution in [2.75, 3.05) is 11.4 Å². The molecule has 0 bridgehead atoms. The van der Waals surface area contributed by atoms with Crippen molar-refractivity contribution < 1.29 is 10.0 Å². The summed E-state index contributed by atoms with van der Waals surface area (Å²) in [4.78, 5) is 12.5. The van der Waals surface area contributed by atoms with Crippen LogP contribution in [0.5, 0.6) is 5.75 Å². The van der Waals surface area contributed by atoms with E-state index < -0.39 is 4.92 Å². The van der Waals surface area contributed by atoms with Gasteiger partial charge in [0.2, 0.25) is 0 Å². The largest absolute Gasteiger partial charge is 0.508 e. The van der Waals surface area contributed by atoms with E-state index in [4.69, 9.17) is 0 Å². The van der Waals surface area contributed by atoms with Gasteiger partial charge in [0, 0.05) is 25.2 Å². The maximum Gasteiger partial charge on any atom is 0.270 e. The average Bonchev–Trinajstić information content (AvgIpc) is 3.37. The van der Waals surface area contributed by atoms with Crippen LogP contribution in [0.25, 0.3) is 0 Å². The molecule has 0 amide bonds. The van der Waals surface area contributed by atoms with Gasteiger partial charge in [-0.05, 0) is 42.5 Å². The van der Waals surface area contributed by atoms with E-state index in [1.54, 1.807) is 24.3 Å². The molecule has 1 aliphatic rings. The Balaban J connectivity index is 1.93. The molecule has 0 spiro atoms. The summed E-state index contributed by atoms with van der Waals surface area (Å²) < 4.78 is 0. The minimum Gasteiger partial charge on any atom is -0.508 e. The molecule has 0 saturated heterocycles. The van der Waals surface area contributed by atoms with Gasteiger partial charge in [-0.25, -0.2) is 0 Å². The lowest BCUT2D eigenvalue weighted by molar-refractivity contribution is -0.384. The second-order valence-corrected chi connectivity index (χ2v) is 6.06. The van der Waals surface area contributed by atoms with Crippen molar-refractivity contribution in [1.29, 1.82) is 5.26 Å². The van der Waals surface area contributed by atoms with E-state index in [2.05, 4.69) is 11.0 Å². The van der Waals surface area contributed by atoms with Crippen molar-refractivity contribution in [1.82, 2.24) is 0 Å². The molecule has 0 atom stereocenters. The summed E-state index contributed by atoms with van der Waals surface area (Å²) in [6.07, 6.45) is 2.32. The first-order chi connectivity index (χ1) is 11.6. The minimum absolute atomic E-state index is 0.0842. The first-order valence-corrected chi connectivity index (χ1v) is 7.78. The zero-order valence-corrected chi connectivity index (χ0v) is 13.1. The third kappa shape index (κ3) is 3.63. The molecule has 1 aliphatic carbocycles. The third-order valence-corrected chi connectivity index (χ3v) is 4.11. The lowest BCUT2D eigenvalue weighted by Gasteiger charge is -2.26. The van der Waals surface area contributed by atoms with E-state index in [1.807, 2.05) is 6.07 Å². The Bertz CT molecular complexity index is 809. The molecule has 0 heterocycles. The summed E-state index contributed by atoms with van der Waals surface area (Å²) in [5.74, 6) is 0.784. The molecular weight excluding hydrogens is 306 g/mol. The van der Waals surface area contributed by atoms with Crippen molar-refractivity contribution in [2.45, 2.75) is 19.4 Å². The zero-order chi connectivity index (χ0) is 17.1. The predicted octanol–water partition coefficient (Wildman–Crippen LogP) is 3.59. The van der Waals surface area contributed by atoms with Crippen LogP contribution < -0.4 is 4.90 Å². The van der Waals surface area contributed by atoms with Gasteiger partial charge in [-0.15, -0.1) is 0 Å². The molecule has 2 aromatic rings. The van der Waals surface area contributed by atoms with Gasteiger partial charge in [0.25, 0.3) is 5.69 Å². The maximum absolute atomic E-state index is 10.9. The number of phenolic OH excluding ortho intramolecular Hbond substituents is 1. The predicted molar refractivity (Wildman–Crippen MR) is 89.7 cm³/mol. The van der Waals surface area contributed by atoms with Gasteiger partial charge >= 0.3 is 0 Å². The number of nitro benzene ring substituents is 1. The number of anilines is 1. The fraction of sp³-hybridized carbons (Fsp3) is 0.278. The normalized spacial score (nSPS) is 13.3. The number of aromatic hydroxyl groups is 1. The van der Waals surface area contributed by atoms with E-state index in [0.29, 0.717) is 23.7 Å². The monoisotopic (exact) mass is 323 g/mol. The van der Waals surface area contributed by atoms with Crippen molar-refractivity contribution in [3.05, 3.63) is 63.7 Å². The van der Waals surface area contributed by atoms with Crippen LogP contribution in [-0.2, 0) is 6.54 Å². The molecule has 2 aromatic carbocycles. The molecule has 0 aliphatic heterocycles. The van der Waals surface area contributed by atoms with Crippen molar-refractivity contribution >= 4 is 11.4 Å². The Labute approximate surface area is 139 Å². The number of rotatable bonds is 6. The molecule has 0 aromatic heterocycles. The average molecular weight is 323 g/mol. The van der Waals surface area contributed by atoms with Crippen LogP contribution in [0.2, 0.25) is 0 Å². The van der Waals surface area contributed by atoms with Crippen LogP contribution in [0.1, 0.15) is 24.0 Å². The highest BCUT2D eigenvalue weighted by atomic mass is 16.6. The summed E-state index contributed by atoms with van der Waals surface area (Å²) in [5, 5.41) is 30.0. The van der Waals surface area contributed by atoms with Crippen molar-refractivity contribution in [3.8, 4) is 11.8 Å². The maximum atomic E-state index is 10.9. The molecule has 24 heavy (non-hydrogen) atoms. The van der Waals surface area contributed by atoms with Gasteiger partial charge in [-0.1, -0.05) is 12.1 Å². The number of non-ortho nitro benzene ring substituents is 1. The van der Waals surface area contributed by atoms with Crippen LogP contribution in [0.15, 0.2) is 42.5 Å². The van der Waals surface area contributed by atoms with Crippen LogP contribution in [0, 0.1) is 27.4 Å². The fourth-order valence-corrected chi connectivity index (χ4v) is 2.74. The molecule has 1 N–H and O–H groups in total. The van der Waals surface area contributed by atoms with Gasteiger partial charge in [0.1, 0.15) is 11.8 Å². The SMILES string of the molecule is N#Cc1cc([N+](=O)[O-])ccc1N(Cc1cccc(O)c1)CC1CC1. The quantitative estimate of drug-likeness (QED) is 0.648. The summed E-state index contributed by atoms with van der Waals surface area (Å²) in [6.45, 7) is 1.33. The lowest BCUT2D eigenvalue weighted by atomic mass is 10.1. The Morgan fingerprint density at radius 1 is 1.29 bits per heavy atom. The minimum atomic E-state index is -0.495.